The molecule has 3 rings (SSSR count). The van der Waals surface area contributed by atoms with Crippen LogP contribution in [0.3, 0.4) is 0 Å². The molecule has 1 aliphatic carbocycles. The summed E-state index contributed by atoms with van der Waals surface area (Å²) in [6.45, 7) is 10.5. The summed E-state index contributed by atoms with van der Waals surface area (Å²) in [6.07, 6.45) is 9.94. The second kappa shape index (κ2) is 6.51. The Bertz CT molecular complexity index is 636. The van der Waals surface area contributed by atoms with Crippen LogP contribution in [0.4, 0.5) is 5.82 Å². The van der Waals surface area contributed by atoms with Gasteiger partial charge in [0.1, 0.15) is 6.57 Å². The second-order valence-corrected chi connectivity index (χ2v) is 5.82. The van der Waals surface area contributed by atoms with E-state index in [1.54, 1.807) is 12.3 Å². The molecule has 1 radical (unpaired) electrons. The van der Waals surface area contributed by atoms with Crippen molar-refractivity contribution in [3.63, 3.8) is 0 Å². The van der Waals surface area contributed by atoms with Crippen LogP contribution in [0.5, 0.6) is 0 Å². The van der Waals surface area contributed by atoms with Gasteiger partial charge in [-0.1, -0.05) is 31.9 Å². The molecule has 2 aromatic rings. The van der Waals surface area contributed by atoms with E-state index < -0.39 is 0 Å². The summed E-state index contributed by atoms with van der Waals surface area (Å²) < 4.78 is 3.89. The molecule has 0 amide bonds. The first-order valence-electron chi connectivity index (χ1n) is 7.04. The first-order chi connectivity index (χ1) is 9.72. The van der Waals surface area contributed by atoms with Gasteiger partial charge >= 0.3 is 5.82 Å². The van der Waals surface area contributed by atoms with Gasteiger partial charge in [0, 0.05) is 37.8 Å². The SMILES string of the molecule is [C-]#[N+]c1c[c-]n(-c2ccccn2)[n+]1CC1(C)CCCC1.[Ir]. The Balaban J connectivity index is 0.00000161. The molecule has 111 valence electrons. The molecular weight excluding hydrogens is 440 g/mol. The molecule has 21 heavy (non-hydrogen) atoms. The first-order valence-corrected chi connectivity index (χ1v) is 7.04. The molecule has 0 aromatic carbocycles. The Morgan fingerprint density at radius 1 is 1.43 bits per heavy atom. The van der Waals surface area contributed by atoms with Crippen molar-refractivity contribution in [2.45, 2.75) is 39.2 Å². The molecule has 0 aliphatic heterocycles. The maximum atomic E-state index is 7.35. The number of pyridine rings is 1. The summed E-state index contributed by atoms with van der Waals surface area (Å²) in [5.74, 6) is 1.44. The monoisotopic (exact) mass is 459 g/mol. The van der Waals surface area contributed by atoms with E-state index >= 15 is 0 Å². The Morgan fingerprint density at radius 2 is 2.19 bits per heavy atom. The van der Waals surface area contributed by atoms with Crippen LogP contribution in [0.15, 0.2) is 30.5 Å². The fourth-order valence-corrected chi connectivity index (χ4v) is 3.02. The van der Waals surface area contributed by atoms with Gasteiger partial charge in [-0.05, 0) is 25.1 Å². The minimum atomic E-state index is 0. The maximum absolute atomic E-state index is 7.35. The summed E-state index contributed by atoms with van der Waals surface area (Å²) in [5, 5.41) is 0. The van der Waals surface area contributed by atoms with Crippen molar-refractivity contribution in [2.24, 2.45) is 5.41 Å². The van der Waals surface area contributed by atoms with Crippen LogP contribution in [0, 0.1) is 18.2 Å². The van der Waals surface area contributed by atoms with Crippen LogP contribution in [-0.4, -0.2) is 9.67 Å². The number of hydrogen-bond acceptors (Lipinski definition) is 1. The van der Waals surface area contributed by atoms with Crippen LogP contribution in [0.1, 0.15) is 32.6 Å². The molecular formula is C16H18IrN4. The van der Waals surface area contributed by atoms with Crippen molar-refractivity contribution in [3.8, 4) is 5.82 Å². The van der Waals surface area contributed by atoms with Crippen molar-refractivity contribution in [2.75, 3.05) is 0 Å². The second-order valence-electron chi connectivity index (χ2n) is 5.82. The molecule has 5 heteroatoms. The maximum Gasteiger partial charge on any atom is 0.474 e. The normalized spacial score (nSPS) is 16.2. The first kappa shape index (κ1) is 15.9. The molecule has 1 saturated carbocycles. The zero-order valence-corrected chi connectivity index (χ0v) is 14.4. The number of aromatic nitrogens is 3. The van der Waals surface area contributed by atoms with Gasteiger partial charge in [0.15, 0.2) is 6.54 Å². The van der Waals surface area contributed by atoms with Gasteiger partial charge in [-0.25, -0.2) is 4.68 Å². The van der Waals surface area contributed by atoms with Crippen molar-refractivity contribution in [3.05, 3.63) is 48.1 Å². The molecule has 1 aliphatic rings. The minimum absolute atomic E-state index is 0. The molecule has 0 bridgehead atoms. The molecule has 1 fully saturated rings. The van der Waals surface area contributed by atoms with Gasteiger partial charge < -0.3 is 0 Å². The van der Waals surface area contributed by atoms with Gasteiger partial charge in [-0.3, -0.25) is 4.98 Å². The van der Waals surface area contributed by atoms with Crippen molar-refractivity contribution in [1.29, 1.82) is 0 Å². The van der Waals surface area contributed by atoms with E-state index in [0.29, 0.717) is 5.82 Å². The Kier molecular flexibility index (Phi) is 4.92. The standard InChI is InChI=1S/C16H18N4.Ir/c1-16(9-4-5-10-16)13-20-14(17-2)8-12-19(20)15-7-3-6-11-18-15;/h3,6-8,11H,4-5,9-10,13H2,1H3;. The molecule has 2 aromatic heterocycles. The van der Waals surface area contributed by atoms with E-state index in [1.807, 2.05) is 27.6 Å². The van der Waals surface area contributed by atoms with Crippen molar-refractivity contribution >= 4 is 5.82 Å². The average Bonchev–Trinajstić information content (AvgIpc) is 3.07. The number of hydrogen-bond donors (Lipinski definition) is 0. The fraction of sp³-hybridized carbons (Fsp3) is 0.438. The molecule has 2 heterocycles. The predicted octanol–water partition coefficient (Wildman–Crippen LogP) is 3.09. The van der Waals surface area contributed by atoms with Gasteiger partial charge in [0.05, 0.1) is 5.82 Å². The zero-order chi connectivity index (χ0) is 14.0. The summed E-state index contributed by atoms with van der Waals surface area (Å²) in [7, 11) is 0. The van der Waals surface area contributed by atoms with E-state index in [-0.39, 0.29) is 25.5 Å². The topological polar surface area (TPSA) is 26.1 Å². The number of nitrogens with zero attached hydrogens (tertiary/aromatic N) is 4. The molecule has 0 atom stereocenters. The van der Waals surface area contributed by atoms with Gasteiger partial charge in [0.25, 0.3) is 0 Å². The number of rotatable bonds is 3. The van der Waals surface area contributed by atoms with Gasteiger partial charge in [0.2, 0.25) is 0 Å². The zero-order valence-electron chi connectivity index (χ0n) is 12.0. The van der Waals surface area contributed by atoms with Crippen molar-refractivity contribution < 1.29 is 24.8 Å². The third-order valence-corrected chi connectivity index (χ3v) is 4.14. The van der Waals surface area contributed by atoms with Crippen LogP contribution in [-0.2, 0) is 26.7 Å². The van der Waals surface area contributed by atoms with Crippen molar-refractivity contribution in [1.82, 2.24) is 9.67 Å². The minimum Gasteiger partial charge on any atom is -0.297 e. The van der Waals surface area contributed by atoms with E-state index in [9.17, 15) is 0 Å². The molecule has 0 unspecified atom stereocenters. The molecule has 0 saturated heterocycles. The average molecular weight is 459 g/mol. The third kappa shape index (κ3) is 3.23. The Hall–Kier alpha value is -1.50. The van der Waals surface area contributed by atoms with Crippen LogP contribution in [0.2, 0.25) is 0 Å². The molecule has 4 nitrogen and oxygen atoms in total. The fourth-order valence-electron chi connectivity index (χ4n) is 3.02. The summed E-state index contributed by atoms with van der Waals surface area (Å²) in [4.78, 5) is 7.99. The molecule has 0 spiro atoms. The van der Waals surface area contributed by atoms with Gasteiger partial charge in [-0.2, -0.15) is 0 Å². The third-order valence-electron chi connectivity index (χ3n) is 4.14. The quantitative estimate of drug-likeness (QED) is 0.513. The van der Waals surface area contributed by atoms with Crippen LogP contribution in [0.25, 0.3) is 10.7 Å². The van der Waals surface area contributed by atoms with E-state index in [2.05, 4.69) is 22.9 Å². The molecule has 0 N–H and O–H groups in total. The summed E-state index contributed by atoms with van der Waals surface area (Å²) >= 11 is 0. The summed E-state index contributed by atoms with van der Waals surface area (Å²) in [5.41, 5.74) is 0.281. The van der Waals surface area contributed by atoms with Crippen LogP contribution >= 0.6 is 0 Å². The smallest absolute Gasteiger partial charge is 0.297 e. The summed E-state index contributed by atoms with van der Waals surface area (Å²) in [6, 6.07) is 7.54. The van der Waals surface area contributed by atoms with E-state index in [1.165, 1.54) is 25.7 Å². The van der Waals surface area contributed by atoms with Crippen LogP contribution < -0.4 is 4.68 Å². The van der Waals surface area contributed by atoms with Gasteiger partial charge in [-0.15, -0.1) is 9.53 Å². The Morgan fingerprint density at radius 3 is 2.81 bits per heavy atom. The van der Waals surface area contributed by atoms with E-state index in [0.717, 1.165) is 12.4 Å². The predicted molar refractivity (Wildman–Crippen MR) is 75.4 cm³/mol. The Labute approximate surface area is 139 Å². The largest absolute Gasteiger partial charge is 0.474 e. The van der Waals surface area contributed by atoms with E-state index in [4.69, 9.17) is 6.57 Å².